The zero-order valence-corrected chi connectivity index (χ0v) is 9.14. The van der Waals surface area contributed by atoms with Crippen molar-refractivity contribution in [2.24, 2.45) is 0 Å². The van der Waals surface area contributed by atoms with E-state index >= 15 is 0 Å². The molecule has 0 radical (unpaired) electrons. The Labute approximate surface area is 91.6 Å². The molecule has 0 spiro atoms. The number of hydrogen-bond acceptors (Lipinski definition) is 3. The van der Waals surface area contributed by atoms with E-state index in [0.29, 0.717) is 12.2 Å². The van der Waals surface area contributed by atoms with Crippen LogP contribution in [0.5, 0.6) is 0 Å². The number of nitrogen functional groups attached to an aromatic ring is 1. The Bertz CT molecular complexity index is 460. The Morgan fingerprint density at radius 1 is 1.47 bits per heavy atom. The predicted octanol–water partition coefficient (Wildman–Crippen LogP) is 2.76. The molecule has 0 atom stereocenters. The van der Waals surface area contributed by atoms with Crippen molar-refractivity contribution in [3.63, 3.8) is 0 Å². The van der Waals surface area contributed by atoms with Crippen LogP contribution in [0.2, 0.25) is 0 Å². The molecule has 0 saturated heterocycles. The molecule has 2 rings (SSSR count). The molecule has 2 aromatic rings. The first-order valence-electron chi connectivity index (χ1n) is 4.61. The average molecular weight is 222 g/mol. The third-order valence-corrected chi connectivity index (χ3v) is 3.11. The van der Waals surface area contributed by atoms with Gasteiger partial charge in [0.1, 0.15) is 11.6 Å². The molecule has 0 aliphatic heterocycles. The maximum atomic E-state index is 12.9. The van der Waals surface area contributed by atoms with Crippen LogP contribution in [-0.4, -0.2) is 4.98 Å². The number of nitrogens with zero attached hydrogens (tertiary/aromatic N) is 1. The van der Waals surface area contributed by atoms with Gasteiger partial charge in [-0.15, -0.1) is 11.3 Å². The van der Waals surface area contributed by atoms with Crippen LogP contribution in [0.4, 0.5) is 10.2 Å². The van der Waals surface area contributed by atoms with Gasteiger partial charge in [0, 0.05) is 11.3 Å². The largest absolute Gasteiger partial charge is 0.383 e. The normalized spacial score (nSPS) is 10.5. The molecule has 0 fully saturated rings. The zero-order valence-electron chi connectivity index (χ0n) is 8.33. The minimum Gasteiger partial charge on any atom is -0.383 e. The molecule has 1 aromatic heterocycles. The van der Waals surface area contributed by atoms with Crippen molar-refractivity contribution in [1.29, 1.82) is 0 Å². The molecule has 0 aliphatic carbocycles. The standard InChI is InChI=1S/C11H11FN2S/c1-7-11(13)14-10(15-7)6-8-3-2-4-9(12)5-8/h2-5H,6,13H2,1H3. The van der Waals surface area contributed by atoms with Crippen molar-refractivity contribution in [3.05, 3.63) is 45.5 Å². The number of thiazole rings is 1. The summed E-state index contributed by atoms with van der Waals surface area (Å²) in [4.78, 5) is 5.22. The van der Waals surface area contributed by atoms with E-state index in [1.807, 2.05) is 13.0 Å². The Morgan fingerprint density at radius 3 is 2.87 bits per heavy atom. The molecule has 2 nitrogen and oxygen atoms in total. The fraction of sp³-hybridized carbons (Fsp3) is 0.182. The number of aromatic nitrogens is 1. The Morgan fingerprint density at radius 2 is 2.27 bits per heavy atom. The second kappa shape index (κ2) is 3.98. The third kappa shape index (κ3) is 2.33. The second-order valence-electron chi connectivity index (χ2n) is 3.36. The van der Waals surface area contributed by atoms with Crippen molar-refractivity contribution in [1.82, 2.24) is 4.98 Å². The van der Waals surface area contributed by atoms with E-state index in [1.165, 1.54) is 12.1 Å². The van der Waals surface area contributed by atoms with Crippen LogP contribution >= 0.6 is 11.3 Å². The second-order valence-corrected chi connectivity index (χ2v) is 4.64. The molecule has 0 bridgehead atoms. The highest BCUT2D eigenvalue weighted by Gasteiger charge is 2.05. The SMILES string of the molecule is Cc1sc(Cc2cccc(F)c2)nc1N. The zero-order chi connectivity index (χ0) is 10.8. The first-order chi connectivity index (χ1) is 7.15. The van der Waals surface area contributed by atoms with Crippen LogP contribution in [0.25, 0.3) is 0 Å². The lowest BCUT2D eigenvalue weighted by Crippen LogP contribution is -1.90. The average Bonchev–Trinajstić information content (AvgIpc) is 2.45. The van der Waals surface area contributed by atoms with Crippen LogP contribution < -0.4 is 5.73 Å². The molecular formula is C11H11FN2S. The van der Waals surface area contributed by atoms with Crippen molar-refractivity contribution in [2.45, 2.75) is 13.3 Å². The van der Waals surface area contributed by atoms with E-state index in [-0.39, 0.29) is 5.82 Å². The van der Waals surface area contributed by atoms with E-state index in [9.17, 15) is 4.39 Å². The summed E-state index contributed by atoms with van der Waals surface area (Å²) >= 11 is 1.56. The lowest BCUT2D eigenvalue weighted by molar-refractivity contribution is 0.626. The number of rotatable bonds is 2. The summed E-state index contributed by atoms with van der Waals surface area (Å²) < 4.78 is 12.9. The maximum absolute atomic E-state index is 12.9. The number of anilines is 1. The van der Waals surface area contributed by atoms with E-state index < -0.39 is 0 Å². The predicted molar refractivity (Wildman–Crippen MR) is 60.5 cm³/mol. The van der Waals surface area contributed by atoms with Gasteiger partial charge in [0.2, 0.25) is 0 Å². The fourth-order valence-corrected chi connectivity index (χ4v) is 2.25. The molecule has 1 heterocycles. The summed E-state index contributed by atoms with van der Waals surface area (Å²) in [7, 11) is 0. The molecule has 0 amide bonds. The van der Waals surface area contributed by atoms with Crippen molar-refractivity contribution in [2.75, 3.05) is 5.73 Å². The highest BCUT2D eigenvalue weighted by molar-refractivity contribution is 7.12. The molecule has 2 N–H and O–H groups in total. The summed E-state index contributed by atoms with van der Waals surface area (Å²) in [5.74, 6) is 0.361. The van der Waals surface area contributed by atoms with Crippen molar-refractivity contribution in [3.8, 4) is 0 Å². The van der Waals surface area contributed by atoms with Gasteiger partial charge in [-0.2, -0.15) is 0 Å². The number of hydrogen-bond donors (Lipinski definition) is 1. The minimum atomic E-state index is -0.214. The van der Waals surface area contributed by atoms with Gasteiger partial charge < -0.3 is 5.73 Å². The monoisotopic (exact) mass is 222 g/mol. The minimum absolute atomic E-state index is 0.214. The van der Waals surface area contributed by atoms with E-state index in [4.69, 9.17) is 5.73 Å². The Kier molecular flexibility index (Phi) is 2.68. The highest BCUT2D eigenvalue weighted by Crippen LogP contribution is 2.21. The lowest BCUT2D eigenvalue weighted by Gasteiger charge is -1.97. The third-order valence-electron chi connectivity index (χ3n) is 2.12. The number of nitrogens with two attached hydrogens (primary N) is 1. The van der Waals surface area contributed by atoms with E-state index in [2.05, 4.69) is 4.98 Å². The van der Waals surface area contributed by atoms with Crippen LogP contribution in [0.15, 0.2) is 24.3 Å². The molecule has 0 unspecified atom stereocenters. The van der Waals surface area contributed by atoms with E-state index in [1.54, 1.807) is 17.4 Å². The van der Waals surface area contributed by atoms with Gasteiger partial charge in [0.25, 0.3) is 0 Å². The molecule has 0 saturated carbocycles. The smallest absolute Gasteiger partial charge is 0.137 e. The van der Waals surface area contributed by atoms with Crippen molar-refractivity contribution >= 4 is 17.2 Å². The topological polar surface area (TPSA) is 38.9 Å². The van der Waals surface area contributed by atoms with Gasteiger partial charge in [0.05, 0.1) is 5.01 Å². The van der Waals surface area contributed by atoms with E-state index in [0.717, 1.165) is 15.4 Å². The highest BCUT2D eigenvalue weighted by atomic mass is 32.1. The van der Waals surface area contributed by atoms with Gasteiger partial charge in [-0.25, -0.2) is 9.37 Å². The number of halogens is 1. The van der Waals surface area contributed by atoms with Crippen LogP contribution in [0.3, 0.4) is 0 Å². The lowest BCUT2D eigenvalue weighted by atomic mass is 10.1. The van der Waals surface area contributed by atoms with Crippen molar-refractivity contribution < 1.29 is 4.39 Å². The molecule has 4 heteroatoms. The summed E-state index contributed by atoms with van der Waals surface area (Å²) in [6, 6.07) is 6.54. The Hall–Kier alpha value is -1.42. The summed E-state index contributed by atoms with van der Waals surface area (Å²) in [5.41, 5.74) is 6.57. The van der Waals surface area contributed by atoms with Gasteiger partial charge in [-0.1, -0.05) is 12.1 Å². The first kappa shape index (κ1) is 10.1. The summed E-state index contributed by atoms with van der Waals surface area (Å²) in [6.07, 6.45) is 0.639. The quantitative estimate of drug-likeness (QED) is 0.848. The fourth-order valence-electron chi connectivity index (χ4n) is 1.36. The molecule has 78 valence electrons. The molecule has 1 aromatic carbocycles. The number of aryl methyl sites for hydroxylation is 1. The van der Waals surface area contributed by atoms with Gasteiger partial charge in [0.15, 0.2) is 0 Å². The summed E-state index contributed by atoms with van der Waals surface area (Å²) in [5, 5.41) is 0.926. The van der Waals surface area contributed by atoms with Gasteiger partial charge in [-0.3, -0.25) is 0 Å². The van der Waals surface area contributed by atoms with Crippen LogP contribution in [0, 0.1) is 12.7 Å². The van der Waals surface area contributed by atoms with Crippen LogP contribution in [0.1, 0.15) is 15.4 Å². The number of benzene rings is 1. The Balaban J connectivity index is 2.22. The van der Waals surface area contributed by atoms with Crippen LogP contribution in [-0.2, 0) is 6.42 Å². The van der Waals surface area contributed by atoms with Gasteiger partial charge in [-0.05, 0) is 24.6 Å². The molecule has 0 aliphatic rings. The van der Waals surface area contributed by atoms with Gasteiger partial charge >= 0.3 is 0 Å². The molecule has 15 heavy (non-hydrogen) atoms. The maximum Gasteiger partial charge on any atom is 0.137 e. The molecular weight excluding hydrogens is 211 g/mol. The summed E-state index contributed by atoms with van der Waals surface area (Å²) in [6.45, 7) is 1.93. The first-order valence-corrected chi connectivity index (χ1v) is 5.43.